The molecule has 2 aromatic heterocycles. The molecule has 4 rings (SSSR count). The summed E-state index contributed by atoms with van der Waals surface area (Å²) in [4.78, 5) is 25.6. The van der Waals surface area contributed by atoms with E-state index in [1.165, 1.54) is 24.2 Å². The summed E-state index contributed by atoms with van der Waals surface area (Å²) in [6, 6.07) is 0.438. The second-order valence-electron chi connectivity index (χ2n) is 10.4. The molecule has 7 heteroatoms. The predicted molar refractivity (Wildman–Crippen MR) is 119 cm³/mol. The van der Waals surface area contributed by atoms with E-state index in [9.17, 15) is 4.79 Å². The summed E-state index contributed by atoms with van der Waals surface area (Å²) >= 11 is 7.68. The quantitative estimate of drug-likeness (QED) is 0.444. The van der Waals surface area contributed by atoms with E-state index in [0.717, 1.165) is 34.6 Å². The van der Waals surface area contributed by atoms with Crippen molar-refractivity contribution in [3.8, 4) is 0 Å². The second kappa shape index (κ2) is 7.09. The van der Waals surface area contributed by atoms with Gasteiger partial charge in [0.2, 0.25) is 5.28 Å². The van der Waals surface area contributed by atoms with E-state index >= 15 is 0 Å². The summed E-state index contributed by atoms with van der Waals surface area (Å²) in [5, 5.41) is 1.19. The largest absolute Gasteiger partial charge is 0.461 e. The fourth-order valence-corrected chi connectivity index (χ4v) is 6.79. The molecule has 0 N–H and O–H groups in total. The molecule has 0 radical (unpaired) electrons. The second-order valence-corrected chi connectivity index (χ2v) is 11.7. The van der Waals surface area contributed by atoms with Crippen LogP contribution in [0.3, 0.4) is 0 Å². The van der Waals surface area contributed by atoms with Gasteiger partial charge in [0, 0.05) is 12.6 Å². The van der Waals surface area contributed by atoms with Crippen molar-refractivity contribution in [3.63, 3.8) is 0 Å². The monoisotopic (exact) mass is 435 g/mol. The van der Waals surface area contributed by atoms with Gasteiger partial charge in [0.05, 0.1) is 12.0 Å². The Hall–Kier alpha value is -1.40. The Morgan fingerprint density at radius 2 is 2.03 bits per heavy atom. The van der Waals surface area contributed by atoms with Crippen LogP contribution in [0.4, 0.5) is 5.82 Å². The first-order valence-electron chi connectivity index (χ1n) is 10.4. The minimum atomic E-state index is -0.283. The number of ether oxygens (including phenoxy) is 1. The number of esters is 1. The molecule has 29 heavy (non-hydrogen) atoms. The van der Waals surface area contributed by atoms with Crippen LogP contribution in [-0.2, 0) is 4.74 Å². The molecule has 0 aromatic carbocycles. The van der Waals surface area contributed by atoms with Crippen LogP contribution in [0.5, 0.6) is 0 Å². The summed E-state index contributed by atoms with van der Waals surface area (Å²) in [6.07, 6.45) is 3.52. The lowest BCUT2D eigenvalue weighted by atomic mass is 9.65. The molecule has 1 aliphatic heterocycles. The number of halogens is 1. The number of nitrogens with zero attached hydrogens (tertiary/aromatic N) is 3. The lowest BCUT2D eigenvalue weighted by molar-refractivity contribution is 0.0464. The maximum absolute atomic E-state index is 12.7. The highest BCUT2D eigenvalue weighted by atomic mass is 35.5. The third-order valence-corrected chi connectivity index (χ3v) is 7.50. The number of fused-ring (bicyclic) bond motifs is 3. The molecule has 2 unspecified atom stereocenters. The van der Waals surface area contributed by atoms with E-state index < -0.39 is 0 Å². The molecular formula is C22H30ClN3O2S. The Labute approximate surface area is 181 Å². The van der Waals surface area contributed by atoms with Crippen molar-refractivity contribution in [3.05, 3.63) is 15.7 Å². The van der Waals surface area contributed by atoms with Gasteiger partial charge in [-0.15, -0.1) is 11.3 Å². The van der Waals surface area contributed by atoms with E-state index in [2.05, 4.69) is 35.6 Å². The van der Waals surface area contributed by atoms with Crippen LogP contribution < -0.4 is 4.90 Å². The minimum absolute atomic E-state index is 0.238. The molecule has 5 nitrogen and oxygen atoms in total. The molecule has 2 fully saturated rings. The Kier molecular flexibility index (Phi) is 5.10. The van der Waals surface area contributed by atoms with Crippen LogP contribution in [0.15, 0.2) is 0 Å². The van der Waals surface area contributed by atoms with Gasteiger partial charge in [0.25, 0.3) is 0 Å². The van der Waals surface area contributed by atoms with Crippen molar-refractivity contribution >= 4 is 44.9 Å². The molecule has 1 saturated heterocycles. The number of thiophene rings is 1. The molecule has 2 aliphatic rings. The standard InChI is InChI=1S/C22H30ClN3O2S/c1-12(2)9-28-19(27)16-13(3)15-17(24-20(23)25-18(15)29-16)26-11-22(6)8-14(26)7-21(4,5)10-22/h12,14H,7-11H2,1-6H3. The van der Waals surface area contributed by atoms with E-state index in [0.29, 0.717) is 28.9 Å². The fourth-order valence-electron chi connectivity index (χ4n) is 5.51. The summed E-state index contributed by atoms with van der Waals surface area (Å²) in [5.74, 6) is 0.893. The zero-order chi connectivity index (χ0) is 21.1. The highest BCUT2D eigenvalue weighted by Crippen LogP contribution is 2.54. The zero-order valence-electron chi connectivity index (χ0n) is 18.1. The van der Waals surface area contributed by atoms with Gasteiger partial charge < -0.3 is 9.64 Å². The lowest BCUT2D eigenvalue weighted by Gasteiger charge is -2.39. The molecule has 0 spiro atoms. The predicted octanol–water partition coefficient (Wildman–Crippen LogP) is 5.87. The van der Waals surface area contributed by atoms with Gasteiger partial charge in [0.1, 0.15) is 15.5 Å². The third-order valence-electron chi connectivity index (χ3n) is 6.16. The van der Waals surface area contributed by atoms with E-state index in [4.69, 9.17) is 16.3 Å². The Morgan fingerprint density at radius 1 is 1.31 bits per heavy atom. The highest BCUT2D eigenvalue weighted by Gasteiger charge is 2.50. The molecule has 0 amide bonds. The molecule has 1 saturated carbocycles. The lowest BCUT2D eigenvalue weighted by Crippen LogP contribution is -2.35. The number of anilines is 1. The van der Waals surface area contributed by atoms with Gasteiger partial charge in [-0.1, -0.05) is 34.6 Å². The first kappa shape index (κ1) is 20.9. The summed E-state index contributed by atoms with van der Waals surface area (Å²) in [6.45, 7) is 14.5. The third kappa shape index (κ3) is 3.86. The van der Waals surface area contributed by atoms with Crippen molar-refractivity contribution in [2.24, 2.45) is 16.7 Å². The number of aromatic nitrogens is 2. The van der Waals surface area contributed by atoms with Crippen molar-refractivity contribution < 1.29 is 9.53 Å². The summed E-state index contributed by atoms with van der Waals surface area (Å²) in [5.41, 5.74) is 1.49. The van der Waals surface area contributed by atoms with Crippen LogP contribution in [0.2, 0.25) is 5.28 Å². The first-order valence-corrected chi connectivity index (χ1v) is 11.6. The topological polar surface area (TPSA) is 55.3 Å². The Morgan fingerprint density at radius 3 is 2.72 bits per heavy atom. The fraction of sp³-hybridized carbons (Fsp3) is 0.682. The van der Waals surface area contributed by atoms with Crippen molar-refractivity contribution in [2.45, 2.75) is 66.8 Å². The van der Waals surface area contributed by atoms with Gasteiger partial charge in [-0.3, -0.25) is 0 Å². The summed E-state index contributed by atoms with van der Waals surface area (Å²) in [7, 11) is 0. The van der Waals surface area contributed by atoms with Crippen molar-refractivity contribution in [1.29, 1.82) is 0 Å². The number of aryl methyl sites for hydroxylation is 1. The summed E-state index contributed by atoms with van der Waals surface area (Å²) < 4.78 is 5.48. The first-order chi connectivity index (χ1) is 13.5. The maximum Gasteiger partial charge on any atom is 0.348 e. The molecule has 2 aromatic rings. The number of carbonyl (C=O) groups excluding carboxylic acids is 1. The van der Waals surface area contributed by atoms with Crippen LogP contribution in [0.25, 0.3) is 10.2 Å². The van der Waals surface area contributed by atoms with Gasteiger partial charge in [-0.05, 0) is 60.1 Å². The van der Waals surface area contributed by atoms with Crippen molar-refractivity contribution in [2.75, 3.05) is 18.1 Å². The van der Waals surface area contributed by atoms with Gasteiger partial charge in [0.15, 0.2) is 0 Å². The van der Waals surface area contributed by atoms with Crippen LogP contribution in [-0.4, -0.2) is 35.1 Å². The molecular weight excluding hydrogens is 406 g/mol. The van der Waals surface area contributed by atoms with E-state index in [1.807, 2.05) is 20.8 Å². The molecule has 2 atom stereocenters. The van der Waals surface area contributed by atoms with E-state index in [-0.39, 0.29) is 16.7 Å². The average molecular weight is 436 g/mol. The number of rotatable bonds is 4. The van der Waals surface area contributed by atoms with Crippen LogP contribution in [0, 0.1) is 23.7 Å². The average Bonchev–Trinajstić information content (AvgIpc) is 3.04. The van der Waals surface area contributed by atoms with Crippen LogP contribution >= 0.6 is 22.9 Å². The Balaban J connectivity index is 1.77. The smallest absolute Gasteiger partial charge is 0.348 e. The molecule has 3 heterocycles. The zero-order valence-corrected chi connectivity index (χ0v) is 19.7. The maximum atomic E-state index is 12.7. The number of hydrogen-bond acceptors (Lipinski definition) is 6. The molecule has 1 aliphatic carbocycles. The van der Waals surface area contributed by atoms with E-state index in [1.54, 1.807) is 0 Å². The van der Waals surface area contributed by atoms with Gasteiger partial charge >= 0.3 is 5.97 Å². The van der Waals surface area contributed by atoms with Gasteiger partial charge in [-0.2, -0.15) is 4.98 Å². The SMILES string of the molecule is Cc1c(C(=O)OCC(C)C)sc2nc(Cl)nc(N3CC4(C)CC3CC(C)(C)C4)c12. The van der Waals surface area contributed by atoms with Crippen molar-refractivity contribution in [1.82, 2.24) is 9.97 Å². The normalized spacial score (nSPS) is 25.8. The van der Waals surface area contributed by atoms with Gasteiger partial charge in [-0.25, -0.2) is 9.78 Å². The minimum Gasteiger partial charge on any atom is -0.461 e. The number of carbonyl (C=O) groups is 1. The molecule has 2 bridgehead atoms. The molecule has 158 valence electrons. The number of hydrogen-bond donors (Lipinski definition) is 0. The van der Waals surface area contributed by atoms with Crippen LogP contribution in [0.1, 0.15) is 69.1 Å². The Bertz CT molecular complexity index is 971. The highest BCUT2D eigenvalue weighted by molar-refractivity contribution is 7.20.